The van der Waals surface area contributed by atoms with E-state index in [0.717, 1.165) is 16.8 Å². The van der Waals surface area contributed by atoms with Crippen molar-refractivity contribution in [3.8, 4) is 11.1 Å². The molecule has 0 radical (unpaired) electrons. The van der Waals surface area contributed by atoms with Crippen LogP contribution >= 0.6 is 0 Å². The molecular formula is C26H23N3O3. The van der Waals surface area contributed by atoms with E-state index in [1.54, 1.807) is 12.1 Å². The Hall–Kier alpha value is -3.93. The number of benzene rings is 3. The van der Waals surface area contributed by atoms with Crippen LogP contribution < -0.4 is 16.0 Å². The van der Waals surface area contributed by atoms with Crippen molar-refractivity contribution in [2.75, 3.05) is 23.3 Å². The number of rotatable bonds is 4. The predicted octanol–water partition coefficient (Wildman–Crippen LogP) is 3.85. The van der Waals surface area contributed by atoms with E-state index in [2.05, 4.69) is 10.2 Å². The topological polar surface area (TPSA) is 92.5 Å². The molecule has 3 aromatic carbocycles. The SMILES string of the molecule is NC(=O)C1CCN(c2ccccc2NC(=O)c2ccc3c(c2)C(=O)c2ccccc2-3)CC1. The van der Waals surface area contributed by atoms with Gasteiger partial charge < -0.3 is 16.0 Å². The molecule has 6 heteroatoms. The average Bonchev–Trinajstić information content (AvgIpc) is 3.11. The molecule has 0 aromatic heterocycles. The van der Waals surface area contributed by atoms with Gasteiger partial charge in [0.2, 0.25) is 5.91 Å². The molecule has 2 aliphatic rings. The van der Waals surface area contributed by atoms with Crippen molar-refractivity contribution in [3.63, 3.8) is 0 Å². The van der Waals surface area contributed by atoms with Crippen molar-refractivity contribution >= 4 is 29.0 Å². The number of carbonyl (C=O) groups excluding carboxylic acids is 3. The normalized spacial score (nSPS) is 15.2. The maximum absolute atomic E-state index is 13.1. The number of nitrogens with zero attached hydrogens (tertiary/aromatic N) is 1. The van der Waals surface area contributed by atoms with Gasteiger partial charge in [0.15, 0.2) is 5.78 Å². The number of nitrogens with two attached hydrogens (primary N) is 1. The molecule has 0 spiro atoms. The molecule has 2 amide bonds. The van der Waals surface area contributed by atoms with Crippen LogP contribution in [0.3, 0.4) is 0 Å². The molecule has 0 saturated carbocycles. The summed E-state index contributed by atoms with van der Waals surface area (Å²) in [5.74, 6) is -0.667. The zero-order valence-corrected chi connectivity index (χ0v) is 17.5. The first-order valence-electron chi connectivity index (χ1n) is 10.8. The quantitative estimate of drug-likeness (QED) is 0.519. The lowest BCUT2D eigenvalue weighted by molar-refractivity contribution is -0.122. The van der Waals surface area contributed by atoms with Gasteiger partial charge in [-0.25, -0.2) is 0 Å². The van der Waals surface area contributed by atoms with Crippen LogP contribution in [0.5, 0.6) is 0 Å². The molecule has 1 fully saturated rings. The Bertz CT molecular complexity index is 1240. The Labute approximate surface area is 186 Å². The molecule has 6 nitrogen and oxygen atoms in total. The maximum Gasteiger partial charge on any atom is 0.255 e. The Morgan fingerprint density at radius 1 is 0.844 bits per heavy atom. The summed E-state index contributed by atoms with van der Waals surface area (Å²) in [7, 11) is 0. The second-order valence-electron chi connectivity index (χ2n) is 8.27. The van der Waals surface area contributed by atoms with Crippen molar-refractivity contribution < 1.29 is 14.4 Å². The van der Waals surface area contributed by atoms with E-state index >= 15 is 0 Å². The van der Waals surface area contributed by atoms with Crippen LogP contribution in [0.1, 0.15) is 39.1 Å². The minimum atomic E-state index is -0.268. The Morgan fingerprint density at radius 3 is 2.25 bits per heavy atom. The average molecular weight is 425 g/mol. The molecule has 1 aliphatic carbocycles. The fourth-order valence-corrected chi connectivity index (χ4v) is 4.62. The number of para-hydroxylation sites is 2. The number of piperidine rings is 1. The number of nitrogens with one attached hydrogen (secondary N) is 1. The van der Waals surface area contributed by atoms with E-state index in [1.807, 2.05) is 54.6 Å². The van der Waals surface area contributed by atoms with Gasteiger partial charge in [0.05, 0.1) is 11.4 Å². The number of fused-ring (bicyclic) bond motifs is 3. The highest BCUT2D eigenvalue weighted by atomic mass is 16.2. The first-order valence-corrected chi connectivity index (χ1v) is 10.8. The number of hydrogen-bond acceptors (Lipinski definition) is 4. The Morgan fingerprint density at radius 2 is 1.50 bits per heavy atom. The summed E-state index contributed by atoms with van der Waals surface area (Å²) in [5, 5.41) is 3.00. The number of ketones is 1. The van der Waals surface area contributed by atoms with Gasteiger partial charge in [0.25, 0.3) is 5.91 Å². The van der Waals surface area contributed by atoms with E-state index in [0.29, 0.717) is 48.3 Å². The van der Waals surface area contributed by atoms with Crippen LogP contribution in [0.4, 0.5) is 11.4 Å². The summed E-state index contributed by atoms with van der Waals surface area (Å²) in [4.78, 5) is 39.5. The van der Waals surface area contributed by atoms with Gasteiger partial charge in [0.1, 0.15) is 0 Å². The molecule has 5 rings (SSSR count). The predicted molar refractivity (Wildman–Crippen MR) is 124 cm³/mol. The van der Waals surface area contributed by atoms with Crippen LogP contribution in [-0.2, 0) is 4.79 Å². The third kappa shape index (κ3) is 3.43. The second-order valence-corrected chi connectivity index (χ2v) is 8.27. The summed E-state index contributed by atoms with van der Waals surface area (Å²) < 4.78 is 0. The molecule has 1 saturated heterocycles. The highest BCUT2D eigenvalue weighted by Gasteiger charge is 2.28. The van der Waals surface area contributed by atoms with Crippen molar-refractivity contribution in [2.45, 2.75) is 12.8 Å². The molecule has 160 valence electrons. The van der Waals surface area contributed by atoms with Gasteiger partial charge in [-0.2, -0.15) is 0 Å². The Kier molecular flexibility index (Phi) is 4.98. The number of anilines is 2. The zero-order valence-electron chi connectivity index (χ0n) is 17.5. The molecule has 0 atom stereocenters. The second kappa shape index (κ2) is 7.96. The standard InChI is InChI=1S/C26H23N3O3/c27-25(31)16-11-13-29(14-12-16)23-8-4-3-7-22(23)28-26(32)17-9-10-19-18-5-1-2-6-20(18)24(30)21(19)15-17/h1-10,15-16H,11-14H2,(H2,27,31)(H,28,32). The third-order valence-electron chi connectivity index (χ3n) is 6.38. The van der Waals surface area contributed by atoms with Gasteiger partial charge in [0, 0.05) is 35.7 Å². The summed E-state index contributed by atoms with van der Waals surface area (Å²) in [6.45, 7) is 1.40. The van der Waals surface area contributed by atoms with Crippen molar-refractivity contribution in [3.05, 3.63) is 83.4 Å². The Balaban J connectivity index is 1.37. The van der Waals surface area contributed by atoms with Crippen LogP contribution in [0, 0.1) is 5.92 Å². The van der Waals surface area contributed by atoms with Crippen LogP contribution in [0.2, 0.25) is 0 Å². The minimum Gasteiger partial charge on any atom is -0.370 e. The van der Waals surface area contributed by atoms with E-state index in [4.69, 9.17) is 5.73 Å². The highest BCUT2D eigenvalue weighted by molar-refractivity contribution is 6.22. The van der Waals surface area contributed by atoms with E-state index in [-0.39, 0.29) is 23.5 Å². The van der Waals surface area contributed by atoms with Gasteiger partial charge in [-0.3, -0.25) is 14.4 Å². The number of amides is 2. The van der Waals surface area contributed by atoms with Crippen molar-refractivity contribution in [2.24, 2.45) is 11.7 Å². The molecule has 3 N–H and O–H groups in total. The zero-order chi connectivity index (χ0) is 22.2. The van der Waals surface area contributed by atoms with E-state index in [9.17, 15) is 14.4 Å². The fourth-order valence-electron chi connectivity index (χ4n) is 4.62. The molecule has 32 heavy (non-hydrogen) atoms. The van der Waals surface area contributed by atoms with Gasteiger partial charge in [-0.15, -0.1) is 0 Å². The largest absolute Gasteiger partial charge is 0.370 e. The number of hydrogen-bond donors (Lipinski definition) is 2. The smallest absolute Gasteiger partial charge is 0.255 e. The molecule has 0 bridgehead atoms. The summed E-state index contributed by atoms with van der Waals surface area (Å²) in [5.41, 5.74) is 10.5. The van der Waals surface area contributed by atoms with Gasteiger partial charge in [-0.05, 0) is 48.2 Å². The minimum absolute atomic E-state index is 0.0528. The van der Waals surface area contributed by atoms with Gasteiger partial charge >= 0.3 is 0 Å². The monoisotopic (exact) mass is 425 g/mol. The summed E-state index contributed by atoms with van der Waals surface area (Å²) >= 11 is 0. The summed E-state index contributed by atoms with van der Waals surface area (Å²) in [6.07, 6.45) is 1.40. The fraction of sp³-hybridized carbons (Fsp3) is 0.192. The molecule has 0 unspecified atom stereocenters. The number of primary amides is 1. The lowest BCUT2D eigenvalue weighted by Gasteiger charge is -2.33. The van der Waals surface area contributed by atoms with Gasteiger partial charge in [-0.1, -0.05) is 42.5 Å². The lowest BCUT2D eigenvalue weighted by atomic mass is 9.96. The molecule has 1 aliphatic heterocycles. The highest BCUT2D eigenvalue weighted by Crippen LogP contribution is 2.37. The van der Waals surface area contributed by atoms with E-state index < -0.39 is 0 Å². The summed E-state index contributed by atoms with van der Waals surface area (Å²) in [6, 6.07) is 20.4. The van der Waals surface area contributed by atoms with Crippen molar-refractivity contribution in [1.82, 2.24) is 0 Å². The van der Waals surface area contributed by atoms with Crippen LogP contribution in [0.15, 0.2) is 66.7 Å². The number of carbonyl (C=O) groups is 3. The third-order valence-corrected chi connectivity index (χ3v) is 6.38. The van der Waals surface area contributed by atoms with E-state index in [1.165, 1.54) is 0 Å². The molecule has 3 aromatic rings. The lowest BCUT2D eigenvalue weighted by Crippen LogP contribution is -2.38. The first-order chi connectivity index (χ1) is 15.5. The maximum atomic E-state index is 13.1. The van der Waals surface area contributed by atoms with Crippen molar-refractivity contribution in [1.29, 1.82) is 0 Å². The molecule has 1 heterocycles. The molecular weight excluding hydrogens is 402 g/mol. The first kappa shape index (κ1) is 20.0. The van der Waals surface area contributed by atoms with Crippen LogP contribution in [-0.4, -0.2) is 30.7 Å². The van der Waals surface area contributed by atoms with Crippen LogP contribution in [0.25, 0.3) is 11.1 Å².